The molecule has 0 bridgehead atoms. The molecule has 1 heterocycles. The smallest absolute Gasteiger partial charge is 0.251 e. The maximum Gasteiger partial charge on any atom is 0.251 e. The first kappa shape index (κ1) is 11.5. The van der Waals surface area contributed by atoms with Crippen molar-refractivity contribution in [2.45, 2.75) is 6.54 Å². The Morgan fingerprint density at radius 2 is 2.00 bits per heavy atom. The highest BCUT2D eigenvalue weighted by Gasteiger charge is 2.06. The Morgan fingerprint density at radius 3 is 2.84 bits per heavy atom. The van der Waals surface area contributed by atoms with Gasteiger partial charge in [-0.2, -0.15) is 5.10 Å². The number of benzene rings is 2. The summed E-state index contributed by atoms with van der Waals surface area (Å²) in [6.07, 6.45) is 1.71. The van der Waals surface area contributed by atoms with Gasteiger partial charge in [-0.25, -0.2) is 0 Å². The van der Waals surface area contributed by atoms with Gasteiger partial charge < -0.3 is 5.32 Å². The number of amides is 1. The van der Waals surface area contributed by atoms with E-state index in [-0.39, 0.29) is 5.91 Å². The van der Waals surface area contributed by atoms with E-state index in [0.29, 0.717) is 12.1 Å². The number of carbonyl (C=O) groups is 1. The first-order chi connectivity index (χ1) is 9.33. The molecule has 2 aromatic carbocycles. The molecule has 1 aromatic heterocycles. The molecular formula is C15H13N3O. The molecule has 0 spiro atoms. The summed E-state index contributed by atoms with van der Waals surface area (Å²) < 4.78 is 0. The predicted molar refractivity (Wildman–Crippen MR) is 73.7 cm³/mol. The van der Waals surface area contributed by atoms with Crippen LogP contribution in [-0.2, 0) is 6.54 Å². The molecule has 4 nitrogen and oxygen atoms in total. The third-order valence-electron chi connectivity index (χ3n) is 3.00. The van der Waals surface area contributed by atoms with Crippen LogP contribution in [0.2, 0.25) is 0 Å². The summed E-state index contributed by atoms with van der Waals surface area (Å²) in [6.45, 7) is 0.531. The van der Waals surface area contributed by atoms with Gasteiger partial charge in [0.15, 0.2) is 0 Å². The van der Waals surface area contributed by atoms with Gasteiger partial charge in [0.1, 0.15) is 0 Å². The Kier molecular flexibility index (Phi) is 2.98. The van der Waals surface area contributed by atoms with E-state index >= 15 is 0 Å². The average molecular weight is 251 g/mol. The number of H-pyrrole nitrogens is 1. The lowest BCUT2D eigenvalue weighted by Crippen LogP contribution is -2.22. The predicted octanol–water partition coefficient (Wildman–Crippen LogP) is 2.49. The van der Waals surface area contributed by atoms with Crippen LogP contribution in [0.5, 0.6) is 0 Å². The second kappa shape index (κ2) is 4.94. The van der Waals surface area contributed by atoms with Crippen LogP contribution in [0, 0.1) is 0 Å². The highest BCUT2D eigenvalue weighted by atomic mass is 16.1. The van der Waals surface area contributed by atoms with Crippen LogP contribution in [0.3, 0.4) is 0 Å². The Labute approximate surface area is 110 Å². The molecule has 19 heavy (non-hydrogen) atoms. The van der Waals surface area contributed by atoms with Crippen LogP contribution in [0.15, 0.2) is 54.7 Å². The van der Waals surface area contributed by atoms with E-state index < -0.39 is 0 Å². The van der Waals surface area contributed by atoms with Crippen molar-refractivity contribution in [3.05, 3.63) is 65.9 Å². The second-order valence-electron chi connectivity index (χ2n) is 4.34. The zero-order valence-electron chi connectivity index (χ0n) is 10.3. The van der Waals surface area contributed by atoms with Gasteiger partial charge in [-0.1, -0.05) is 30.3 Å². The van der Waals surface area contributed by atoms with Crippen molar-refractivity contribution in [2.75, 3.05) is 0 Å². The van der Waals surface area contributed by atoms with Gasteiger partial charge in [0.2, 0.25) is 0 Å². The van der Waals surface area contributed by atoms with Crippen LogP contribution >= 0.6 is 0 Å². The SMILES string of the molecule is O=C(NCc1ccccc1)c1ccc2[nH]ncc2c1. The molecule has 0 aliphatic rings. The summed E-state index contributed by atoms with van der Waals surface area (Å²) in [6, 6.07) is 15.3. The van der Waals surface area contributed by atoms with E-state index in [2.05, 4.69) is 15.5 Å². The van der Waals surface area contributed by atoms with Crippen LogP contribution in [0.25, 0.3) is 10.9 Å². The topological polar surface area (TPSA) is 57.8 Å². The summed E-state index contributed by atoms with van der Waals surface area (Å²) in [5.41, 5.74) is 2.66. The molecular weight excluding hydrogens is 238 g/mol. The molecule has 3 aromatic rings. The minimum atomic E-state index is -0.0769. The lowest BCUT2D eigenvalue weighted by molar-refractivity contribution is 0.0951. The minimum absolute atomic E-state index is 0.0769. The molecule has 0 unspecified atom stereocenters. The molecule has 0 fully saturated rings. The molecule has 0 saturated carbocycles. The van der Waals surface area contributed by atoms with Gasteiger partial charge in [0.05, 0.1) is 11.7 Å². The standard InChI is InChI=1S/C15H13N3O/c19-15(16-9-11-4-2-1-3-5-11)12-6-7-14-13(8-12)10-17-18-14/h1-8,10H,9H2,(H,16,19)(H,17,18). The van der Waals surface area contributed by atoms with E-state index in [4.69, 9.17) is 0 Å². The number of nitrogens with zero attached hydrogens (tertiary/aromatic N) is 1. The summed E-state index contributed by atoms with van der Waals surface area (Å²) in [5, 5.41) is 10.6. The van der Waals surface area contributed by atoms with Crippen LogP contribution in [0.1, 0.15) is 15.9 Å². The number of rotatable bonds is 3. The van der Waals surface area contributed by atoms with Crippen molar-refractivity contribution >= 4 is 16.8 Å². The fraction of sp³-hybridized carbons (Fsp3) is 0.0667. The van der Waals surface area contributed by atoms with E-state index in [1.54, 1.807) is 12.3 Å². The fourth-order valence-corrected chi connectivity index (χ4v) is 1.96. The molecule has 2 N–H and O–H groups in total. The van der Waals surface area contributed by atoms with Crippen molar-refractivity contribution < 1.29 is 4.79 Å². The summed E-state index contributed by atoms with van der Waals surface area (Å²) in [4.78, 5) is 12.0. The molecule has 3 rings (SSSR count). The normalized spacial score (nSPS) is 10.5. The van der Waals surface area contributed by atoms with Gasteiger partial charge in [0.25, 0.3) is 5.91 Å². The maximum atomic E-state index is 12.0. The van der Waals surface area contributed by atoms with Gasteiger partial charge in [-0.05, 0) is 23.8 Å². The summed E-state index contributed by atoms with van der Waals surface area (Å²) in [5.74, 6) is -0.0769. The van der Waals surface area contributed by atoms with Gasteiger partial charge in [0, 0.05) is 17.5 Å². The minimum Gasteiger partial charge on any atom is -0.348 e. The van der Waals surface area contributed by atoms with Crippen LogP contribution in [-0.4, -0.2) is 16.1 Å². The first-order valence-corrected chi connectivity index (χ1v) is 6.08. The first-order valence-electron chi connectivity index (χ1n) is 6.08. The van der Waals surface area contributed by atoms with Crippen molar-refractivity contribution in [3.8, 4) is 0 Å². The molecule has 0 saturated heterocycles. The zero-order valence-corrected chi connectivity index (χ0v) is 10.3. The largest absolute Gasteiger partial charge is 0.348 e. The average Bonchev–Trinajstić information content (AvgIpc) is 2.93. The summed E-state index contributed by atoms with van der Waals surface area (Å²) >= 11 is 0. The quantitative estimate of drug-likeness (QED) is 0.751. The Balaban J connectivity index is 1.73. The van der Waals surface area contributed by atoms with E-state index in [1.165, 1.54) is 0 Å². The number of hydrogen-bond acceptors (Lipinski definition) is 2. The van der Waals surface area contributed by atoms with Gasteiger partial charge in [-0.3, -0.25) is 9.89 Å². The van der Waals surface area contributed by atoms with Crippen LogP contribution in [0.4, 0.5) is 0 Å². The number of aromatic amines is 1. The Hall–Kier alpha value is -2.62. The number of hydrogen-bond donors (Lipinski definition) is 2. The molecule has 0 radical (unpaired) electrons. The van der Waals surface area contributed by atoms with E-state index in [9.17, 15) is 4.79 Å². The highest BCUT2D eigenvalue weighted by Crippen LogP contribution is 2.12. The summed E-state index contributed by atoms with van der Waals surface area (Å²) in [7, 11) is 0. The third kappa shape index (κ3) is 2.47. The Morgan fingerprint density at radius 1 is 1.16 bits per heavy atom. The number of aromatic nitrogens is 2. The highest BCUT2D eigenvalue weighted by molar-refractivity contribution is 5.97. The molecule has 4 heteroatoms. The lowest BCUT2D eigenvalue weighted by Gasteiger charge is -2.05. The molecule has 0 aliphatic heterocycles. The number of carbonyl (C=O) groups excluding carboxylic acids is 1. The monoisotopic (exact) mass is 251 g/mol. The zero-order chi connectivity index (χ0) is 13.1. The molecule has 0 aliphatic carbocycles. The number of nitrogens with one attached hydrogen (secondary N) is 2. The lowest BCUT2D eigenvalue weighted by atomic mass is 10.1. The van der Waals surface area contributed by atoms with Crippen molar-refractivity contribution in [1.29, 1.82) is 0 Å². The number of fused-ring (bicyclic) bond motifs is 1. The molecule has 0 atom stereocenters. The van der Waals surface area contributed by atoms with Crippen LogP contribution < -0.4 is 5.32 Å². The Bertz CT molecular complexity index is 703. The third-order valence-corrected chi connectivity index (χ3v) is 3.00. The van der Waals surface area contributed by atoms with Crippen molar-refractivity contribution in [3.63, 3.8) is 0 Å². The second-order valence-corrected chi connectivity index (χ2v) is 4.34. The van der Waals surface area contributed by atoms with E-state index in [1.807, 2.05) is 42.5 Å². The maximum absolute atomic E-state index is 12.0. The van der Waals surface area contributed by atoms with Gasteiger partial charge >= 0.3 is 0 Å². The molecule has 94 valence electrons. The van der Waals surface area contributed by atoms with Crippen molar-refractivity contribution in [2.24, 2.45) is 0 Å². The fourth-order valence-electron chi connectivity index (χ4n) is 1.96. The molecule has 1 amide bonds. The van der Waals surface area contributed by atoms with Crippen molar-refractivity contribution in [1.82, 2.24) is 15.5 Å². The van der Waals surface area contributed by atoms with Gasteiger partial charge in [-0.15, -0.1) is 0 Å². The van der Waals surface area contributed by atoms with E-state index in [0.717, 1.165) is 16.5 Å².